The fourth-order valence-corrected chi connectivity index (χ4v) is 2.71. The summed E-state index contributed by atoms with van der Waals surface area (Å²) in [6.45, 7) is 3.42. The number of ketones is 1. The zero-order chi connectivity index (χ0) is 20.1. The largest absolute Gasteiger partial charge is 0.486 e. The van der Waals surface area contributed by atoms with Gasteiger partial charge in [-0.05, 0) is 61.9 Å². The number of benzene rings is 3. The fourth-order valence-electron chi connectivity index (χ4n) is 2.71. The van der Waals surface area contributed by atoms with Crippen LogP contribution in [0.1, 0.15) is 46.2 Å². The van der Waals surface area contributed by atoms with Crippen LogP contribution in [0, 0.1) is 5.82 Å². The van der Waals surface area contributed by atoms with Crippen molar-refractivity contribution in [1.29, 1.82) is 0 Å². The van der Waals surface area contributed by atoms with Gasteiger partial charge in [0.25, 0.3) is 5.91 Å². The Morgan fingerprint density at radius 1 is 0.929 bits per heavy atom. The van der Waals surface area contributed by atoms with Crippen LogP contribution in [-0.2, 0) is 0 Å². The van der Waals surface area contributed by atoms with Gasteiger partial charge in [0.2, 0.25) is 0 Å². The van der Waals surface area contributed by atoms with Crippen LogP contribution in [0.25, 0.3) is 0 Å². The smallest absolute Gasteiger partial charge is 0.255 e. The molecule has 1 N–H and O–H groups in total. The molecule has 1 unspecified atom stereocenters. The van der Waals surface area contributed by atoms with Gasteiger partial charge in [-0.2, -0.15) is 0 Å². The summed E-state index contributed by atoms with van der Waals surface area (Å²) < 4.78 is 18.9. The second kappa shape index (κ2) is 8.48. The summed E-state index contributed by atoms with van der Waals surface area (Å²) >= 11 is 0. The molecule has 0 spiro atoms. The van der Waals surface area contributed by atoms with Crippen LogP contribution in [0.2, 0.25) is 0 Å². The van der Waals surface area contributed by atoms with Crippen molar-refractivity contribution in [1.82, 2.24) is 0 Å². The average molecular weight is 377 g/mol. The Bertz CT molecular complexity index is 981. The minimum Gasteiger partial charge on any atom is -0.486 e. The van der Waals surface area contributed by atoms with E-state index in [2.05, 4.69) is 5.32 Å². The third-order valence-corrected chi connectivity index (χ3v) is 4.30. The van der Waals surface area contributed by atoms with E-state index in [-0.39, 0.29) is 23.6 Å². The molecule has 0 saturated heterocycles. The molecular formula is C23H20FNO3. The van der Waals surface area contributed by atoms with Gasteiger partial charge in [0.05, 0.1) is 0 Å². The van der Waals surface area contributed by atoms with Crippen molar-refractivity contribution >= 4 is 17.4 Å². The summed E-state index contributed by atoms with van der Waals surface area (Å²) in [4.78, 5) is 23.8. The van der Waals surface area contributed by atoms with E-state index in [1.807, 2.05) is 19.1 Å². The summed E-state index contributed by atoms with van der Waals surface area (Å²) in [5.41, 5.74) is 2.51. The minimum absolute atomic E-state index is 0.0139. The molecule has 0 heterocycles. The van der Waals surface area contributed by atoms with Gasteiger partial charge in [0.15, 0.2) is 5.78 Å². The van der Waals surface area contributed by atoms with E-state index >= 15 is 0 Å². The Hall–Kier alpha value is -3.47. The predicted octanol–water partition coefficient (Wildman–Crippen LogP) is 5.42. The molecule has 3 rings (SSSR count). The third kappa shape index (κ3) is 4.82. The summed E-state index contributed by atoms with van der Waals surface area (Å²) in [6, 6.07) is 19.7. The molecule has 1 amide bonds. The van der Waals surface area contributed by atoms with Crippen LogP contribution >= 0.6 is 0 Å². The van der Waals surface area contributed by atoms with Gasteiger partial charge >= 0.3 is 0 Å². The first-order valence-corrected chi connectivity index (χ1v) is 8.87. The number of anilines is 1. The quantitative estimate of drug-likeness (QED) is 0.584. The van der Waals surface area contributed by atoms with E-state index < -0.39 is 0 Å². The number of hydrogen-bond donors (Lipinski definition) is 1. The zero-order valence-corrected chi connectivity index (χ0v) is 15.6. The highest BCUT2D eigenvalue weighted by atomic mass is 19.1. The van der Waals surface area contributed by atoms with Gasteiger partial charge in [-0.3, -0.25) is 9.59 Å². The van der Waals surface area contributed by atoms with E-state index in [4.69, 9.17) is 4.74 Å². The summed E-state index contributed by atoms with van der Waals surface area (Å²) in [6.07, 6.45) is -0.253. The topological polar surface area (TPSA) is 55.4 Å². The van der Waals surface area contributed by atoms with Crippen LogP contribution < -0.4 is 10.1 Å². The molecular weight excluding hydrogens is 357 g/mol. The minimum atomic E-state index is -0.362. The van der Waals surface area contributed by atoms with E-state index in [0.29, 0.717) is 22.6 Å². The highest BCUT2D eigenvalue weighted by Gasteiger charge is 2.11. The Balaban J connectivity index is 1.69. The Morgan fingerprint density at radius 2 is 1.61 bits per heavy atom. The van der Waals surface area contributed by atoms with Crippen molar-refractivity contribution in [3.8, 4) is 5.75 Å². The molecule has 0 fully saturated rings. The lowest BCUT2D eigenvalue weighted by Gasteiger charge is -2.16. The number of amides is 1. The predicted molar refractivity (Wildman–Crippen MR) is 106 cm³/mol. The van der Waals surface area contributed by atoms with E-state index in [0.717, 1.165) is 5.56 Å². The van der Waals surface area contributed by atoms with Gasteiger partial charge in [-0.15, -0.1) is 0 Å². The van der Waals surface area contributed by atoms with Crippen molar-refractivity contribution in [2.24, 2.45) is 0 Å². The maximum absolute atomic E-state index is 13.0. The van der Waals surface area contributed by atoms with Crippen molar-refractivity contribution < 1.29 is 18.7 Å². The van der Waals surface area contributed by atoms with Crippen LogP contribution in [0.3, 0.4) is 0 Å². The third-order valence-electron chi connectivity index (χ3n) is 4.30. The Kier molecular flexibility index (Phi) is 5.84. The number of carbonyl (C=O) groups is 2. The van der Waals surface area contributed by atoms with Crippen LogP contribution in [0.15, 0.2) is 72.8 Å². The van der Waals surface area contributed by atoms with Crippen molar-refractivity contribution in [2.75, 3.05) is 5.32 Å². The molecule has 4 nitrogen and oxygen atoms in total. The summed E-state index contributed by atoms with van der Waals surface area (Å²) in [5, 5.41) is 2.72. The summed E-state index contributed by atoms with van der Waals surface area (Å²) in [7, 11) is 0. The molecule has 0 aromatic heterocycles. The van der Waals surface area contributed by atoms with Gasteiger partial charge in [-0.1, -0.05) is 30.3 Å². The van der Waals surface area contributed by atoms with Crippen LogP contribution in [-0.4, -0.2) is 11.7 Å². The molecule has 0 aliphatic carbocycles. The monoisotopic (exact) mass is 377 g/mol. The normalized spacial score (nSPS) is 11.5. The van der Waals surface area contributed by atoms with Gasteiger partial charge < -0.3 is 10.1 Å². The lowest BCUT2D eigenvalue weighted by Crippen LogP contribution is -2.12. The molecule has 0 aliphatic rings. The van der Waals surface area contributed by atoms with Gasteiger partial charge in [0.1, 0.15) is 17.7 Å². The average Bonchev–Trinajstić information content (AvgIpc) is 2.70. The van der Waals surface area contributed by atoms with E-state index in [1.165, 1.54) is 31.2 Å². The number of ether oxygens (including phenoxy) is 1. The first-order chi connectivity index (χ1) is 13.4. The molecule has 3 aromatic rings. The number of hydrogen-bond acceptors (Lipinski definition) is 3. The maximum atomic E-state index is 13.0. The second-order valence-corrected chi connectivity index (χ2v) is 6.43. The highest BCUT2D eigenvalue weighted by Crippen LogP contribution is 2.23. The molecule has 1 atom stereocenters. The Labute approximate surface area is 163 Å². The van der Waals surface area contributed by atoms with Crippen LogP contribution in [0.5, 0.6) is 5.75 Å². The van der Waals surface area contributed by atoms with Crippen molar-refractivity contribution in [3.63, 3.8) is 0 Å². The van der Waals surface area contributed by atoms with E-state index in [9.17, 15) is 14.0 Å². The molecule has 0 bridgehead atoms. The lowest BCUT2D eigenvalue weighted by atomic mass is 10.1. The SMILES string of the molecule is CC(=O)c1ccc(C(C)Oc2cccc(C(=O)Nc3ccc(F)cc3)c2)cc1. The van der Waals surface area contributed by atoms with Gasteiger partial charge in [-0.25, -0.2) is 4.39 Å². The number of nitrogens with one attached hydrogen (secondary N) is 1. The molecule has 0 radical (unpaired) electrons. The Morgan fingerprint density at radius 3 is 2.25 bits per heavy atom. The zero-order valence-electron chi connectivity index (χ0n) is 15.6. The molecule has 0 saturated carbocycles. The summed E-state index contributed by atoms with van der Waals surface area (Å²) in [5.74, 6) is -0.107. The number of Topliss-reactive ketones (excluding diaryl/α,β-unsaturated/α-hetero) is 1. The number of rotatable bonds is 6. The molecule has 28 heavy (non-hydrogen) atoms. The van der Waals surface area contributed by atoms with E-state index in [1.54, 1.807) is 36.4 Å². The van der Waals surface area contributed by atoms with Crippen molar-refractivity contribution in [3.05, 3.63) is 95.3 Å². The molecule has 0 aliphatic heterocycles. The standard InChI is InChI=1S/C23H20FNO3/c1-15(26)17-6-8-18(9-7-17)16(2)28-22-5-3-4-19(14-22)23(27)25-21-12-10-20(24)11-13-21/h3-14,16H,1-2H3,(H,25,27). The van der Waals surface area contributed by atoms with Crippen molar-refractivity contribution in [2.45, 2.75) is 20.0 Å². The molecule has 3 aromatic carbocycles. The van der Waals surface area contributed by atoms with Crippen LogP contribution in [0.4, 0.5) is 10.1 Å². The van der Waals surface area contributed by atoms with Gasteiger partial charge in [0, 0.05) is 16.8 Å². The highest BCUT2D eigenvalue weighted by molar-refractivity contribution is 6.04. The lowest BCUT2D eigenvalue weighted by molar-refractivity contribution is 0.101. The maximum Gasteiger partial charge on any atom is 0.255 e. The first kappa shape index (κ1) is 19.3. The number of halogens is 1. The first-order valence-electron chi connectivity index (χ1n) is 8.87. The second-order valence-electron chi connectivity index (χ2n) is 6.43. The molecule has 5 heteroatoms. The fraction of sp³-hybridized carbons (Fsp3) is 0.130. The number of carbonyl (C=O) groups excluding carboxylic acids is 2. The molecule has 142 valence electrons.